The minimum atomic E-state index is 0.294. The number of benzene rings is 1. The van der Waals surface area contributed by atoms with Crippen LogP contribution in [0.2, 0.25) is 0 Å². The number of aliphatic hydroxyl groups is 1. The second kappa shape index (κ2) is 6.18. The summed E-state index contributed by atoms with van der Waals surface area (Å²) < 4.78 is 0. The molecule has 0 aromatic heterocycles. The van der Waals surface area contributed by atoms with Crippen molar-refractivity contribution in [1.82, 2.24) is 5.32 Å². The van der Waals surface area contributed by atoms with E-state index in [9.17, 15) is 0 Å². The lowest BCUT2D eigenvalue weighted by Crippen LogP contribution is -2.28. The van der Waals surface area contributed by atoms with Gasteiger partial charge in [-0.05, 0) is 43.2 Å². The van der Waals surface area contributed by atoms with Crippen LogP contribution < -0.4 is 5.32 Å². The molecule has 1 aromatic rings. The minimum Gasteiger partial charge on any atom is -0.396 e. The molecule has 94 valence electrons. The van der Waals surface area contributed by atoms with E-state index in [0.717, 1.165) is 18.9 Å². The Morgan fingerprint density at radius 3 is 2.59 bits per heavy atom. The van der Waals surface area contributed by atoms with Gasteiger partial charge in [0.2, 0.25) is 0 Å². The van der Waals surface area contributed by atoms with E-state index in [1.807, 2.05) is 0 Å². The van der Waals surface area contributed by atoms with Crippen molar-refractivity contribution < 1.29 is 5.11 Å². The van der Waals surface area contributed by atoms with Crippen molar-refractivity contribution in [1.29, 1.82) is 0 Å². The van der Waals surface area contributed by atoms with Gasteiger partial charge in [0.05, 0.1) is 0 Å². The molecule has 0 heterocycles. The van der Waals surface area contributed by atoms with Gasteiger partial charge in [0.1, 0.15) is 0 Å². The molecule has 1 aliphatic carbocycles. The molecule has 0 bridgehead atoms. The van der Waals surface area contributed by atoms with Gasteiger partial charge in [0, 0.05) is 12.6 Å². The van der Waals surface area contributed by atoms with Crippen molar-refractivity contribution in [2.75, 3.05) is 13.2 Å². The maximum atomic E-state index is 8.91. The molecule has 2 heteroatoms. The van der Waals surface area contributed by atoms with E-state index >= 15 is 0 Å². The average molecular weight is 233 g/mol. The molecule has 1 aromatic carbocycles. The first-order valence-electron chi connectivity index (χ1n) is 6.70. The highest BCUT2D eigenvalue weighted by Crippen LogP contribution is 2.40. The van der Waals surface area contributed by atoms with E-state index in [-0.39, 0.29) is 0 Å². The lowest BCUT2D eigenvalue weighted by atomic mass is 10.0. The monoisotopic (exact) mass is 233 g/mol. The second-order valence-corrected chi connectivity index (χ2v) is 5.25. The van der Waals surface area contributed by atoms with Crippen molar-refractivity contribution in [2.24, 2.45) is 11.8 Å². The molecule has 0 amide bonds. The van der Waals surface area contributed by atoms with Crippen LogP contribution in [0.1, 0.15) is 37.8 Å². The molecule has 2 unspecified atom stereocenters. The standard InChI is InChI=1S/C15H23NO/c1-12(9-10-17)11-16-15(14-7-8-14)13-5-3-2-4-6-13/h2-6,12,14-17H,7-11H2,1H3. The van der Waals surface area contributed by atoms with E-state index < -0.39 is 0 Å². The Morgan fingerprint density at radius 2 is 2.00 bits per heavy atom. The summed E-state index contributed by atoms with van der Waals surface area (Å²) in [5.41, 5.74) is 1.41. The van der Waals surface area contributed by atoms with Crippen LogP contribution in [0, 0.1) is 11.8 Å². The molecule has 1 saturated carbocycles. The van der Waals surface area contributed by atoms with Crippen molar-refractivity contribution in [3.8, 4) is 0 Å². The van der Waals surface area contributed by atoms with Gasteiger partial charge in [-0.1, -0.05) is 37.3 Å². The second-order valence-electron chi connectivity index (χ2n) is 5.25. The highest BCUT2D eigenvalue weighted by atomic mass is 16.3. The van der Waals surface area contributed by atoms with Crippen molar-refractivity contribution >= 4 is 0 Å². The largest absolute Gasteiger partial charge is 0.396 e. The van der Waals surface area contributed by atoms with E-state index in [4.69, 9.17) is 5.11 Å². The first-order chi connectivity index (χ1) is 8.31. The van der Waals surface area contributed by atoms with E-state index in [0.29, 0.717) is 18.6 Å². The molecule has 0 saturated heterocycles. The summed E-state index contributed by atoms with van der Waals surface area (Å²) >= 11 is 0. The van der Waals surface area contributed by atoms with Gasteiger partial charge in [-0.15, -0.1) is 0 Å². The smallest absolute Gasteiger partial charge is 0.0434 e. The average Bonchev–Trinajstić information content (AvgIpc) is 3.16. The van der Waals surface area contributed by atoms with Gasteiger partial charge in [-0.3, -0.25) is 0 Å². The molecular formula is C15H23NO. The normalized spacial score (nSPS) is 18.9. The zero-order chi connectivity index (χ0) is 12.1. The number of nitrogens with one attached hydrogen (secondary N) is 1. The summed E-state index contributed by atoms with van der Waals surface area (Å²) in [5.74, 6) is 1.36. The molecule has 0 aliphatic heterocycles. The highest BCUT2D eigenvalue weighted by molar-refractivity contribution is 5.21. The zero-order valence-electron chi connectivity index (χ0n) is 10.6. The Hall–Kier alpha value is -0.860. The van der Waals surface area contributed by atoms with Crippen molar-refractivity contribution in [2.45, 2.75) is 32.2 Å². The summed E-state index contributed by atoms with van der Waals surface area (Å²) in [6, 6.07) is 11.2. The number of aliphatic hydroxyl groups excluding tert-OH is 1. The lowest BCUT2D eigenvalue weighted by molar-refractivity contribution is 0.256. The summed E-state index contributed by atoms with van der Waals surface area (Å²) in [7, 11) is 0. The molecule has 0 radical (unpaired) electrons. The third-order valence-corrected chi connectivity index (χ3v) is 3.56. The van der Waals surface area contributed by atoms with Crippen LogP contribution in [0.3, 0.4) is 0 Å². The maximum absolute atomic E-state index is 8.91. The molecular weight excluding hydrogens is 210 g/mol. The maximum Gasteiger partial charge on any atom is 0.0434 e. The molecule has 2 rings (SSSR count). The third-order valence-electron chi connectivity index (χ3n) is 3.56. The van der Waals surface area contributed by atoms with Crippen LogP contribution in [0.25, 0.3) is 0 Å². The van der Waals surface area contributed by atoms with Gasteiger partial charge in [0.15, 0.2) is 0 Å². The number of rotatable bonds is 7. The minimum absolute atomic E-state index is 0.294. The first-order valence-corrected chi connectivity index (χ1v) is 6.70. The Bertz CT molecular complexity index is 321. The number of hydrogen-bond acceptors (Lipinski definition) is 2. The summed E-state index contributed by atoms with van der Waals surface area (Å²) in [6.45, 7) is 3.48. The van der Waals surface area contributed by atoms with Gasteiger partial charge >= 0.3 is 0 Å². The molecule has 1 aliphatic rings. The quantitative estimate of drug-likeness (QED) is 0.759. The Kier molecular flexibility index (Phi) is 4.57. The first kappa shape index (κ1) is 12.6. The van der Waals surface area contributed by atoms with Crippen molar-refractivity contribution in [3.05, 3.63) is 35.9 Å². The molecule has 1 fully saturated rings. The van der Waals surface area contributed by atoms with Crippen LogP contribution in [0.15, 0.2) is 30.3 Å². The van der Waals surface area contributed by atoms with Gasteiger partial charge < -0.3 is 10.4 Å². The van der Waals surface area contributed by atoms with Crippen LogP contribution in [-0.4, -0.2) is 18.3 Å². The van der Waals surface area contributed by atoms with E-state index in [1.165, 1.54) is 18.4 Å². The SMILES string of the molecule is CC(CCO)CNC(c1ccccc1)C1CC1. The van der Waals surface area contributed by atoms with Gasteiger partial charge in [-0.2, -0.15) is 0 Å². The van der Waals surface area contributed by atoms with E-state index in [1.54, 1.807) is 0 Å². The summed E-state index contributed by atoms with van der Waals surface area (Å²) in [5, 5.41) is 12.6. The molecule has 17 heavy (non-hydrogen) atoms. The van der Waals surface area contributed by atoms with Crippen molar-refractivity contribution in [3.63, 3.8) is 0 Å². The summed E-state index contributed by atoms with van der Waals surface area (Å²) in [6.07, 6.45) is 3.58. The molecule has 0 spiro atoms. The van der Waals surface area contributed by atoms with Crippen LogP contribution >= 0.6 is 0 Å². The Labute approximate surface area is 104 Å². The lowest BCUT2D eigenvalue weighted by Gasteiger charge is -2.21. The van der Waals surface area contributed by atoms with Crippen LogP contribution in [0.4, 0.5) is 0 Å². The van der Waals surface area contributed by atoms with Crippen LogP contribution in [-0.2, 0) is 0 Å². The fourth-order valence-corrected chi connectivity index (χ4v) is 2.30. The fraction of sp³-hybridized carbons (Fsp3) is 0.600. The molecule has 2 nitrogen and oxygen atoms in total. The number of hydrogen-bond donors (Lipinski definition) is 2. The molecule has 2 N–H and O–H groups in total. The predicted molar refractivity (Wildman–Crippen MR) is 70.8 cm³/mol. The Morgan fingerprint density at radius 1 is 1.29 bits per heavy atom. The summed E-state index contributed by atoms with van der Waals surface area (Å²) in [4.78, 5) is 0. The van der Waals surface area contributed by atoms with Gasteiger partial charge in [0.25, 0.3) is 0 Å². The van der Waals surface area contributed by atoms with Gasteiger partial charge in [-0.25, -0.2) is 0 Å². The predicted octanol–water partition coefficient (Wildman–Crippen LogP) is 2.75. The third kappa shape index (κ3) is 3.83. The fourth-order valence-electron chi connectivity index (χ4n) is 2.30. The van der Waals surface area contributed by atoms with E-state index in [2.05, 4.69) is 42.6 Å². The molecule has 2 atom stereocenters. The topological polar surface area (TPSA) is 32.3 Å². The highest BCUT2D eigenvalue weighted by Gasteiger charge is 2.31. The zero-order valence-corrected chi connectivity index (χ0v) is 10.6. The Balaban J connectivity index is 1.90. The van der Waals surface area contributed by atoms with Crippen LogP contribution in [0.5, 0.6) is 0 Å².